The van der Waals surface area contributed by atoms with Crippen molar-refractivity contribution in [2.75, 3.05) is 12.4 Å². The summed E-state index contributed by atoms with van der Waals surface area (Å²) in [6.07, 6.45) is 1.23. The molecule has 1 amide bonds. The zero-order valence-electron chi connectivity index (χ0n) is 18.6. The molecular formula is C25H21ClN2O5S. The van der Waals surface area contributed by atoms with Crippen LogP contribution in [0.15, 0.2) is 71.1 Å². The Morgan fingerprint density at radius 3 is 2.35 bits per heavy atom. The maximum absolute atomic E-state index is 12.9. The predicted molar refractivity (Wildman–Crippen MR) is 130 cm³/mol. The molecule has 0 aliphatic carbocycles. The number of hydrogen-bond acceptors (Lipinski definition) is 6. The Morgan fingerprint density at radius 1 is 1.06 bits per heavy atom. The molecule has 0 fully saturated rings. The highest BCUT2D eigenvalue weighted by molar-refractivity contribution is 7.87. The number of para-hydroxylation sites is 2. The minimum atomic E-state index is -4.22. The number of carbonyl (C=O) groups is 1. The number of ether oxygens (including phenoxy) is 1. The van der Waals surface area contributed by atoms with E-state index in [-0.39, 0.29) is 27.5 Å². The molecule has 0 radical (unpaired) electrons. The van der Waals surface area contributed by atoms with Crippen LogP contribution in [0, 0.1) is 25.2 Å². The summed E-state index contributed by atoms with van der Waals surface area (Å²) in [6, 6.07) is 17.7. The molecule has 0 saturated heterocycles. The maximum Gasteiger partial charge on any atom is 0.339 e. The van der Waals surface area contributed by atoms with E-state index in [4.69, 9.17) is 20.5 Å². The number of rotatable bonds is 7. The number of nitrogens with one attached hydrogen (secondary N) is 1. The van der Waals surface area contributed by atoms with Crippen molar-refractivity contribution in [3.8, 4) is 17.6 Å². The van der Waals surface area contributed by atoms with Crippen LogP contribution in [0.3, 0.4) is 0 Å². The maximum atomic E-state index is 12.9. The molecule has 0 aliphatic heterocycles. The van der Waals surface area contributed by atoms with Gasteiger partial charge in [-0.1, -0.05) is 53.6 Å². The van der Waals surface area contributed by atoms with Crippen LogP contribution in [0.1, 0.15) is 16.7 Å². The molecule has 174 valence electrons. The summed E-state index contributed by atoms with van der Waals surface area (Å²) in [5.41, 5.74) is 1.85. The number of methoxy groups -OCH3 is 1. The van der Waals surface area contributed by atoms with Gasteiger partial charge >= 0.3 is 10.1 Å². The molecule has 0 saturated carbocycles. The first kappa shape index (κ1) is 24.8. The van der Waals surface area contributed by atoms with Crippen LogP contribution in [0.25, 0.3) is 6.08 Å². The number of aryl methyl sites for hydroxylation is 2. The zero-order chi connectivity index (χ0) is 24.9. The van der Waals surface area contributed by atoms with Gasteiger partial charge in [0.05, 0.1) is 17.8 Å². The van der Waals surface area contributed by atoms with E-state index in [1.165, 1.54) is 37.5 Å². The Hall–Kier alpha value is -3.80. The normalized spacial score (nSPS) is 11.4. The fraction of sp³-hybridized carbons (Fsp3) is 0.120. The fourth-order valence-electron chi connectivity index (χ4n) is 3.03. The topological polar surface area (TPSA) is 105 Å². The van der Waals surface area contributed by atoms with Gasteiger partial charge in [-0.2, -0.15) is 13.7 Å². The number of nitrogens with zero attached hydrogens (tertiary/aromatic N) is 1. The second-order valence-corrected chi connectivity index (χ2v) is 9.24. The third-order valence-electron chi connectivity index (χ3n) is 4.86. The van der Waals surface area contributed by atoms with Gasteiger partial charge in [0.25, 0.3) is 5.91 Å². The summed E-state index contributed by atoms with van der Waals surface area (Å²) in [5.74, 6) is -0.752. The van der Waals surface area contributed by atoms with E-state index in [0.717, 1.165) is 5.56 Å². The monoisotopic (exact) mass is 496 g/mol. The third kappa shape index (κ3) is 5.57. The summed E-state index contributed by atoms with van der Waals surface area (Å²) in [5, 5.41) is 12.6. The molecule has 0 bridgehead atoms. The Bertz CT molecular complexity index is 1390. The second kappa shape index (κ2) is 10.4. The second-order valence-electron chi connectivity index (χ2n) is 7.28. The van der Waals surface area contributed by atoms with Crippen molar-refractivity contribution in [1.82, 2.24) is 0 Å². The molecule has 34 heavy (non-hydrogen) atoms. The highest BCUT2D eigenvalue weighted by atomic mass is 35.5. The van der Waals surface area contributed by atoms with Crippen LogP contribution in [0.2, 0.25) is 5.02 Å². The van der Waals surface area contributed by atoms with Gasteiger partial charge in [0.2, 0.25) is 0 Å². The van der Waals surface area contributed by atoms with Gasteiger partial charge in [0.1, 0.15) is 16.5 Å². The number of halogens is 1. The summed E-state index contributed by atoms with van der Waals surface area (Å²) >= 11 is 6.17. The van der Waals surface area contributed by atoms with E-state index >= 15 is 0 Å². The van der Waals surface area contributed by atoms with Crippen molar-refractivity contribution in [2.24, 2.45) is 0 Å². The average molecular weight is 497 g/mol. The van der Waals surface area contributed by atoms with E-state index in [0.29, 0.717) is 16.3 Å². The molecule has 0 aliphatic rings. The van der Waals surface area contributed by atoms with Crippen molar-refractivity contribution >= 4 is 39.4 Å². The standard InChI is InChI=1S/C25H21ClN2O5S/c1-16-10-12-20(13-11-16)34(30,31)33-24-18(7-5-9-22(24)32-3)14-19(15-27)25(29)28-23-17(2)6-4-8-21(23)26/h4-14H,1-3H3,(H,28,29)/b19-14+. The Balaban J connectivity index is 2.01. The molecule has 1 N–H and O–H groups in total. The molecule has 7 nitrogen and oxygen atoms in total. The summed E-state index contributed by atoms with van der Waals surface area (Å²) in [7, 11) is -2.86. The number of amides is 1. The summed E-state index contributed by atoms with van der Waals surface area (Å²) in [4.78, 5) is 12.8. The van der Waals surface area contributed by atoms with E-state index in [2.05, 4.69) is 5.32 Å². The number of hydrogen-bond donors (Lipinski definition) is 1. The van der Waals surface area contributed by atoms with Gasteiger partial charge < -0.3 is 14.2 Å². The Kier molecular flexibility index (Phi) is 7.61. The van der Waals surface area contributed by atoms with Crippen LogP contribution in [-0.2, 0) is 14.9 Å². The molecule has 0 aromatic heterocycles. The number of carbonyl (C=O) groups excluding carboxylic acids is 1. The lowest BCUT2D eigenvalue weighted by atomic mass is 10.1. The first-order valence-electron chi connectivity index (χ1n) is 10.0. The lowest BCUT2D eigenvalue weighted by molar-refractivity contribution is -0.112. The Morgan fingerprint density at radius 2 is 1.74 bits per heavy atom. The van der Waals surface area contributed by atoms with Gasteiger partial charge in [0.15, 0.2) is 11.5 Å². The minimum absolute atomic E-state index is 0.0496. The largest absolute Gasteiger partial charge is 0.493 e. The zero-order valence-corrected chi connectivity index (χ0v) is 20.2. The summed E-state index contributed by atoms with van der Waals surface area (Å²) < 4.78 is 36.4. The minimum Gasteiger partial charge on any atom is -0.493 e. The van der Waals surface area contributed by atoms with Crippen LogP contribution >= 0.6 is 11.6 Å². The van der Waals surface area contributed by atoms with Crippen LogP contribution in [0.4, 0.5) is 5.69 Å². The van der Waals surface area contributed by atoms with Crippen molar-refractivity contribution in [3.63, 3.8) is 0 Å². The van der Waals surface area contributed by atoms with Gasteiger partial charge in [-0.25, -0.2) is 0 Å². The molecule has 3 aromatic rings. The van der Waals surface area contributed by atoms with Gasteiger partial charge in [-0.3, -0.25) is 4.79 Å². The molecule has 9 heteroatoms. The van der Waals surface area contributed by atoms with Crippen LogP contribution < -0.4 is 14.2 Å². The third-order valence-corrected chi connectivity index (χ3v) is 6.41. The fourth-order valence-corrected chi connectivity index (χ4v) is 4.27. The molecule has 0 atom stereocenters. The molecule has 3 aromatic carbocycles. The molecule has 0 unspecified atom stereocenters. The highest BCUT2D eigenvalue weighted by Crippen LogP contribution is 2.35. The van der Waals surface area contributed by atoms with Gasteiger partial charge in [-0.05, 0) is 49.8 Å². The average Bonchev–Trinajstić information content (AvgIpc) is 2.80. The number of anilines is 1. The summed E-state index contributed by atoms with van der Waals surface area (Å²) in [6.45, 7) is 3.60. The Labute approximate surface area is 203 Å². The van der Waals surface area contributed by atoms with Crippen molar-refractivity contribution in [1.29, 1.82) is 5.26 Å². The smallest absolute Gasteiger partial charge is 0.339 e. The molecule has 0 spiro atoms. The highest BCUT2D eigenvalue weighted by Gasteiger charge is 2.22. The van der Waals surface area contributed by atoms with Crippen molar-refractivity contribution < 1.29 is 22.1 Å². The first-order valence-corrected chi connectivity index (χ1v) is 11.8. The molecule has 0 heterocycles. The lowest BCUT2D eigenvalue weighted by Crippen LogP contribution is -2.15. The molecule has 3 rings (SSSR count). The first-order chi connectivity index (χ1) is 16.2. The van der Waals surface area contributed by atoms with Crippen LogP contribution in [0.5, 0.6) is 11.5 Å². The van der Waals surface area contributed by atoms with Crippen molar-refractivity contribution in [3.05, 3.63) is 87.9 Å². The number of benzene rings is 3. The van der Waals surface area contributed by atoms with E-state index in [1.807, 2.05) is 13.0 Å². The van der Waals surface area contributed by atoms with Crippen LogP contribution in [-0.4, -0.2) is 21.4 Å². The van der Waals surface area contributed by atoms with E-state index in [1.54, 1.807) is 43.3 Å². The number of nitriles is 1. The van der Waals surface area contributed by atoms with E-state index < -0.39 is 16.0 Å². The SMILES string of the molecule is COc1cccc(/C=C(\C#N)C(=O)Nc2c(C)cccc2Cl)c1OS(=O)(=O)c1ccc(C)cc1. The van der Waals surface area contributed by atoms with Crippen molar-refractivity contribution in [2.45, 2.75) is 18.7 Å². The quantitative estimate of drug-likeness (QED) is 0.271. The molecular weight excluding hydrogens is 476 g/mol. The lowest BCUT2D eigenvalue weighted by Gasteiger charge is -2.14. The van der Waals surface area contributed by atoms with Gasteiger partial charge in [-0.15, -0.1) is 0 Å². The predicted octanol–water partition coefficient (Wildman–Crippen LogP) is 5.28. The van der Waals surface area contributed by atoms with Gasteiger partial charge in [0, 0.05) is 5.56 Å². The van der Waals surface area contributed by atoms with E-state index in [9.17, 15) is 18.5 Å².